The van der Waals surface area contributed by atoms with Gasteiger partial charge in [0.25, 0.3) is 0 Å². The average Bonchev–Trinajstić information content (AvgIpc) is 3.52. The van der Waals surface area contributed by atoms with Gasteiger partial charge in [0, 0.05) is 46.7 Å². The van der Waals surface area contributed by atoms with Gasteiger partial charge in [-0.2, -0.15) is 5.10 Å². The molecule has 0 saturated heterocycles. The Kier molecular flexibility index (Phi) is 3.51. The highest BCUT2D eigenvalue weighted by molar-refractivity contribution is 5.97. The molecule has 6 aromatic rings. The van der Waals surface area contributed by atoms with Crippen molar-refractivity contribution in [3.05, 3.63) is 73.3 Å². The molecule has 1 aromatic carbocycles. The van der Waals surface area contributed by atoms with Crippen LogP contribution in [0, 0.1) is 5.82 Å². The first-order valence-electron chi connectivity index (χ1n) is 9.23. The van der Waals surface area contributed by atoms with E-state index in [-0.39, 0.29) is 5.82 Å². The number of rotatable bonds is 3. The van der Waals surface area contributed by atoms with Crippen LogP contribution in [-0.2, 0) is 0 Å². The molecule has 8 heteroatoms. The number of hydrogen-bond donors (Lipinski definition) is 2. The highest BCUT2D eigenvalue weighted by Gasteiger charge is 2.18. The highest BCUT2D eigenvalue weighted by Crippen LogP contribution is 2.33. The number of fused-ring (bicyclic) bond motifs is 2. The van der Waals surface area contributed by atoms with Gasteiger partial charge in [-0.15, -0.1) is 0 Å². The average molecular weight is 396 g/mol. The van der Waals surface area contributed by atoms with Crippen LogP contribution in [0.3, 0.4) is 0 Å². The van der Waals surface area contributed by atoms with Crippen LogP contribution < -0.4 is 0 Å². The Bertz CT molecular complexity index is 1500. The number of imidazole rings is 1. The summed E-state index contributed by atoms with van der Waals surface area (Å²) in [5.41, 5.74) is 5.42. The first-order chi connectivity index (χ1) is 14.8. The first-order valence-corrected chi connectivity index (χ1v) is 9.23. The number of H-pyrrole nitrogens is 2. The maximum absolute atomic E-state index is 14.7. The van der Waals surface area contributed by atoms with E-state index >= 15 is 0 Å². The lowest BCUT2D eigenvalue weighted by atomic mass is 10.0. The van der Waals surface area contributed by atoms with Crippen molar-refractivity contribution in [2.24, 2.45) is 0 Å². The Morgan fingerprint density at radius 2 is 1.93 bits per heavy atom. The SMILES string of the molecule is Fc1cc2[nH]nc(-c3nc4c(-c5ccoc5)nccc4[nH]3)c2cc1-c1cccnc1. The molecule has 0 aliphatic rings. The van der Waals surface area contributed by atoms with E-state index < -0.39 is 0 Å². The summed E-state index contributed by atoms with van der Waals surface area (Å²) in [4.78, 5) is 16.6. The monoisotopic (exact) mass is 396 g/mol. The quantitative estimate of drug-likeness (QED) is 0.441. The van der Waals surface area contributed by atoms with Crippen LogP contribution in [0.4, 0.5) is 4.39 Å². The van der Waals surface area contributed by atoms with E-state index in [2.05, 4.69) is 25.1 Å². The Hall–Kier alpha value is -4.33. The van der Waals surface area contributed by atoms with Crippen molar-refractivity contribution in [2.45, 2.75) is 0 Å². The topological polar surface area (TPSA) is 96.3 Å². The second kappa shape index (κ2) is 6.35. The van der Waals surface area contributed by atoms with Gasteiger partial charge in [0.1, 0.15) is 22.7 Å². The van der Waals surface area contributed by atoms with Crippen molar-refractivity contribution in [3.63, 3.8) is 0 Å². The fourth-order valence-corrected chi connectivity index (χ4v) is 3.62. The summed E-state index contributed by atoms with van der Waals surface area (Å²) < 4.78 is 19.9. The molecule has 0 bridgehead atoms. The van der Waals surface area contributed by atoms with E-state index in [1.54, 1.807) is 43.2 Å². The van der Waals surface area contributed by atoms with E-state index in [0.29, 0.717) is 39.4 Å². The molecular formula is C22H13FN6O. The maximum Gasteiger partial charge on any atom is 0.159 e. The predicted octanol–water partition coefficient (Wildman–Crippen LogP) is 4.96. The number of aromatic amines is 2. The minimum atomic E-state index is -0.346. The Balaban J connectivity index is 1.55. The summed E-state index contributed by atoms with van der Waals surface area (Å²) in [5.74, 6) is 0.222. The summed E-state index contributed by atoms with van der Waals surface area (Å²) in [6.07, 6.45) is 8.23. The minimum absolute atomic E-state index is 0.346. The molecule has 0 unspecified atom stereocenters. The zero-order valence-electron chi connectivity index (χ0n) is 15.4. The summed E-state index contributed by atoms with van der Waals surface area (Å²) >= 11 is 0. The molecule has 0 aliphatic carbocycles. The van der Waals surface area contributed by atoms with Crippen molar-refractivity contribution < 1.29 is 8.81 Å². The number of halogens is 1. The Morgan fingerprint density at radius 1 is 0.967 bits per heavy atom. The van der Waals surface area contributed by atoms with Crippen LogP contribution in [0.2, 0.25) is 0 Å². The van der Waals surface area contributed by atoms with E-state index in [1.165, 1.54) is 6.07 Å². The number of aromatic nitrogens is 6. The van der Waals surface area contributed by atoms with Gasteiger partial charge in [0.2, 0.25) is 0 Å². The van der Waals surface area contributed by atoms with Gasteiger partial charge >= 0.3 is 0 Å². The third-order valence-corrected chi connectivity index (χ3v) is 5.04. The van der Waals surface area contributed by atoms with Crippen LogP contribution in [0.25, 0.3) is 55.8 Å². The third kappa shape index (κ3) is 2.51. The zero-order chi connectivity index (χ0) is 20.1. The Morgan fingerprint density at radius 3 is 2.77 bits per heavy atom. The van der Waals surface area contributed by atoms with Gasteiger partial charge in [-0.05, 0) is 24.3 Å². The van der Waals surface area contributed by atoms with E-state index in [0.717, 1.165) is 16.5 Å². The molecular weight excluding hydrogens is 383 g/mol. The lowest BCUT2D eigenvalue weighted by Crippen LogP contribution is -1.87. The number of pyridine rings is 2. The number of benzene rings is 1. The first kappa shape index (κ1) is 16.6. The molecule has 5 heterocycles. The minimum Gasteiger partial charge on any atom is -0.472 e. The molecule has 0 radical (unpaired) electrons. The molecule has 6 rings (SSSR count). The number of nitrogens with zero attached hydrogens (tertiary/aromatic N) is 4. The molecule has 0 fully saturated rings. The lowest BCUT2D eigenvalue weighted by Gasteiger charge is -2.03. The molecule has 0 amide bonds. The van der Waals surface area contributed by atoms with Gasteiger partial charge < -0.3 is 9.40 Å². The molecule has 30 heavy (non-hydrogen) atoms. The zero-order valence-corrected chi connectivity index (χ0v) is 15.4. The summed E-state index contributed by atoms with van der Waals surface area (Å²) in [5, 5.41) is 8.04. The van der Waals surface area contributed by atoms with Gasteiger partial charge in [0.15, 0.2) is 5.82 Å². The largest absolute Gasteiger partial charge is 0.472 e. The summed E-state index contributed by atoms with van der Waals surface area (Å²) in [6, 6.07) is 10.5. The van der Waals surface area contributed by atoms with Crippen molar-refractivity contribution in [1.82, 2.24) is 30.1 Å². The van der Waals surface area contributed by atoms with Crippen LogP contribution >= 0.6 is 0 Å². The van der Waals surface area contributed by atoms with Crippen molar-refractivity contribution in [1.29, 1.82) is 0 Å². The summed E-state index contributed by atoms with van der Waals surface area (Å²) in [7, 11) is 0. The number of hydrogen-bond acceptors (Lipinski definition) is 5. The Labute approximate surface area is 168 Å². The van der Waals surface area contributed by atoms with Gasteiger partial charge in [0.05, 0.1) is 23.6 Å². The van der Waals surface area contributed by atoms with Crippen LogP contribution in [-0.4, -0.2) is 30.1 Å². The van der Waals surface area contributed by atoms with E-state index in [9.17, 15) is 4.39 Å². The molecule has 0 aliphatic heterocycles. The van der Waals surface area contributed by atoms with Crippen molar-refractivity contribution >= 4 is 21.9 Å². The lowest BCUT2D eigenvalue weighted by molar-refractivity contribution is 0.568. The second-order valence-corrected chi connectivity index (χ2v) is 6.84. The fraction of sp³-hybridized carbons (Fsp3) is 0. The van der Waals surface area contributed by atoms with E-state index in [4.69, 9.17) is 9.40 Å². The normalized spacial score (nSPS) is 11.5. The van der Waals surface area contributed by atoms with Crippen LogP contribution in [0.1, 0.15) is 0 Å². The molecule has 2 N–H and O–H groups in total. The second-order valence-electron chi connectivity index (χ2n) is 6.84. The predicted molar refractivity (Wildman–Crippen MR) is 110 cm³/mol. The maximum atomic E-state index is 14.7. The summed E-state index contributed by atoms with van der Waals surface area (Å²) in [6.45, 7) is 0. The van der Waals surface area contributed by atoms with Crippen molar-refractivity contribution in [3.8, 4) is 33.9 Å². The van der Waals surface area contributed by atoms with Crippen LogP contribution in [0.5, 0.6) is 0 Å². The van der Waals surface area contributed by atoms with Gasteiger partial charge in [-0.25, -0.2) is 9.37 Å². The van der Waals surface area contributed by atoms with Gasteiger partial charge in [-0.3, -0.25) is 15.1 Å². The van der Waals surface area contributed by atoms with Crippen LogP contribution in [0.15, 0.2) is 71.9 Å². The third-order valence-electron chi connectivity index (χ3n) is 5.04. The number of furan rings is 1. The molecule has 5 aromatic heterocycles. The molecule has 0 atom stereocenters. The molecule has 0 saturated carbocycles. The smallest absolute Gasteiger partial charge is 0.159 e. The van der Waals surface area contributed by atoms with E-state index in [1.807, 2.05) is 18.2 Å². The van der Waals surface area contributed by atoms with Gasteiger partial charge in [-0.1, -0.05) is 6.07 Å². The highest BCUT2D eigenvalue weighted by atomic mass is 19.1. The molecule has 144 valence electrons. The number of nitrogens with one attached hydrogen (secondary N) is 2. The fourth-order valence-electron chi connectivity index (χ4n) is 3.62. The molecule has 7 nitrogen and oxygen atoms in total. The standard InChI is InChI=1S/C22H13FN6O/c23-16-9-18-15(8-14(16)12-2-1-5-24-10-12)20(29-28-18)22-26-17-3-6-25-19(21(17)27-22)13-4-7-30-11-13/h1-11H,(H,26,27)(H,28,29). The van der Waals surface area contributed by atoms with Crippen molar-refractivity contribution in [2.75, 3.05) is 0 Å². The molecule has 0 spiro atoms.